The third-order valence-corrected chi connectivity index (χ3v) is 4.42. The Morgan fingerprint density at radius 1 is 0.905 bits per heavy atom. The normalized spacial score (nSPS) is 16.0. The number of benzene rings is 2. The van der Waals surface area contributed by atoms with Crippen molar-refractivity contribution in [1.82, 2.24) is 4.98 Å². The molecule has 1 aliphatic carbocycles. The van der Waals surface area contributed by atoms with Crippen molar-refractivity contribution in [3.63, 3.8) is 0 Å². The third-order valence-electron chi connectivity index (χ3n) is 4.42. The predicted molar refractivity (Wildman–Crippen MR) is 84.2 cm³/mol. The van der Waals surface area contributed by atoms with Gasteiger partial charge in [0, 0.05) is 30.8 Å². The maximum atomic E-state index is 11.0. The number of hydrogen-bond donors (Lipinski definition) is 1. The van der Waals surface area contributed by atoms with Crippen molar-refractivity contribution in [2.24, 2.45) is 0 Å². The van der Waals surface area contributed by atoms with E-state index in [4.69, 9.17) is 0 Å². The van der Waals surface area contributed by atoms with Crippen LogP contribution in [-0.4, -0.2) is 15.7 Å². The molecule has 1 aliphatic rings. The molecular formula is C19H17NO. The molecule has 2 heteroatoms. The van der Waals surface area contributed by atoms with Crippen molar-refractivity contribution in [2.45, 2.75) is 24.9 Å². The summed E-state index contributed by atoms with van der Waals surface area (Å²) in [5.74, 6) is 0. The monoisotopic (exact) mass is 275 g/mol. The van der Waals surface area contributed by atoms with Crippen molar-refractivity contribution < 1.29 is 5.11 Å². The quantitative estimate of drug-likeness (QED) is 0.778. The molecule has 1 heterocycles. The van der Waals surface area contributed by atoms with E-state index in [9.17, 15) is 5.11 Å². The summed E-state index contributed by atoms with van der Waals surface area (Å²) in [5.41, 5.74) is 4.05. The van der Waals surface area contributed by atoms with Crippen LogP contribution in [0.25, 0.3) is 10.9 Å². The number of aliphatic hydroxyl groups is 1. The molecule has 0 amide bonds. The Kier molecular flexibility index (Phi) is 2.79. The van der Waals surface area contributed by atoms with Crippen LogP contribution in [0, 0.1) is 0 Å². The molecule has 0 unspecified atom stereocenters. The Balaban J connectivity index is 1.70. The molecule has 0 saturated heterocycles. The molecule has 1 aromatic heterocycles. The lowest BCUT2D eigenvalue weighted by Crippen LogP contribution is -2.32. The molecule has 3 aromatic rings. The zero-order valence-corrected chi connectivity index (χ0v) is 11.8. The topological polar surface area (TPSA) is 33.1 Å². The van der Waals surface area contributed by atoms with Crippen molar-refractivity contribution >= 4 is 10.9 Å². The minimum absolute atomic E-state index is 0.671. The molecule has 1 N–H and O–H groups in total. The summed E-state index contributed by atoms with van der Waals surface area (Å²) in [7, 11) is 0. The second-order valence-electron chi connectivity index (χ2n) is 6.01. The smallest absolute Gasteiger partial charge is 0.0768 e. The van der Waals surface area contributed by atoms with E-state index in [1.54, 1.807) is 0 Å². The lowest BCUT2D eigenvalue weighted by Gasteiger charge is -2.23. The molecule has 0 radical (unpaired) electrons. The van der Waals surface area contributed by atoms with Crippen LogP contribution in [0.2, 0.25) is 0 Å². The third kappa shape index (κ3) is 2.22. The van der Waals surface area contributed by atoms with Crippen LogP contribution in [0.4, 0.5) is 0 Å². The zero-order chi connectivity index (χ0) is 14.3. The van der Waals surface area contributed by atoms with E-state index in [1.165, 1.54) is 16.7 Å². The van der Waals surface area contributed by atoms with Gasteiger partial charge in [0.1, 0.15) is 0 Å². The minimum Gasteiger partial charge on any atom is -0.389 e. The van der Waals surface area contributed by atoms with E-state index in [0.29, 0.717) is 6.42 Å². The fraction of sp³-hybridized carbons (Fsp3) is 0.211. The molecule has 104 valence electrons. The molecule has 2 nitrogen and oxygen atoms in total. The highest BCUT2D eigenvalue weighted by Crippen LogP contribution is 2.33. The molecule has 4 rings (SSSR count). The Bertz CT molecular complexity index is 779. The SMILES string of the molecule is OC1(Cc2ccnc3ccccc23)Cc2ccccc2C1. The van der Waals surface area contributed by atoms with Crippen LogP contribution < -0.4 is 0 Å². The number of para-hydroxylation sites is 1. The first kappa shape index (κ1) is 12.5. The standard InChI is InChI=1S/C19H17NO/c21-19(11-14-5-1-2-6-15(14)12-19)13-16-9-10-20-18-8-4-3-7-17(16)18/h1-10,21H,11-13H2. The average molecular weight is 275 g/mol. The van der Waals surface area contributed by atoms with E-state index >= 15 is 0 Å². The van der Waals surface area contributed by atoms with E-state index in [-0.39, 0.29) is 0 Å². The first-order valence-electron chi connectivity index (χ1n) is 7.35. The van der Waals surface area contributed by atoms with Gasteiger partial charge in [0.2, 0.25) is 0 Å². The van der Waals surface area contributed by atoms with E-state index in [2.05, 4.69) is 23.2 Å². The van der Waals surface area contributed by atoms with Gasteiger partial charge in [0.15, 0.2) is 0 Å². The van der Waals surface area contributed by atoms with Gasteiger partial charge in [-0.25, -0.2) is 0 Å². The highest BCUT2D eigenvalue weighted by atomic mass is 16.3. The minimum atomic E-state index is -0.673. The molecule has 0 atom stereocenters. The summed E-state index contributed by atoms with van der Waals surface area (Å²) in [6.07, 6.45) is 3.98. The summed E-state index contributed by atoms with van der Waals surface area (Å²) < 4.78 is 0. The van der Waals surface area contributed by atoms with Gasteiger partial charge in [-0.15, -0.1) is 0 Å². The molecule has 0 aliphatic heterocycles. The molecule has 0 saturated carbocycles. The van der Waals surface area contributed by atoms with E-state index in [0.717, 1.165) is 23.7 Å². The second-order valence-corrected chi connectivity index (χ2v) is 6.01. The van der Waals surface area contributed by atoms with Crippen LogP contribution in [0.1, 0.15) is 16.7 Å². The largest absolute Gasteiger partial charge is 0.389 e. The van der Waals surface area contributed by atoms with Gasteiger partial charge in [0.05, 0.1) is 11.1 Å². The first-order chi connectivity index (χ1) is 10.2. The highest BCUT2D eigenvalue weighted by Gasteiger charge is 2.35. The molecule has 21 heavy (non-hydrogen) atoms. The van der Waals surface area contributed by atoms with Crippen molar-refractivity contribution in [3.05, 3.63) is 77.5 Å². The lowest BCUT2D eigenvalue weighted by atomic mass is 9.90. The fourth-order valence-electron chi connectivity index (χ4n) is 3.46. The Morgan fingerprint density at radius 3 is 2.33 bits per heavy atom. The molecule has 2 aromatic carbocycles. The number of fused-ring (bicyclic) bond motifs is 2. The van der Waals surface area contributed by atoms with Gasteiger partial charge in [-0.2, -0.15) is 0 Å². The zero-order valence-electron chi connectivity index (χ0n) is 11.8. The highest BCUT2D eigenvalue weighted by molar-refractivity contribution is 5.82. The number of hydrogen-bond acceptors (Lipinski definition) is 2. The van der Waals surface area contributed by atoms with Gasteiger partial charge in [-0.3, -0.25) is 4.98 Å². The fourth-order valence-corrected chi connectivity index (χ4v) is 3.46. The molecule has 0 spiro atoms. The van der Waals surface area contributed by atoms with Crippen molar-refractivity contribution in [3.8, 4) is 0 Å². The van der Waals surface area contributed by atoms with Gasteiger partial charge in [-0.05, 0) is 28.8 Å². The first-order valence-corrected chi connectivity index (χ1v) is 7.35. The lowest BCUT2D eigenvalue weighted by molar-refractivity contribution is 0.0521. The molecule has 0 fully saturated rings. The number of pyridine rings is 1. The Morgan fingerprint density at radius 2 is 1.57 bits per heavy atom. The number of nitrogens with zero attached hydrogens (tertiary/aromatic N) is 1. The number of aromatic nitrogens is 1. The maximum Gasteiger partial charge on any atom is 0.0768 e. The van der Waals surface area contributed by atoms with E-state index in [1.807, 2.05) is 42.6 Å². The Hall–Kier alpha value is -2.19. The summed E-state index contributed by atoms with van der Waals surface area (Å²) in [4.78, 5) is 4.40. The van der Waals surface area contributed by atoms with Crippen LogP contribution in [0.3, 0.4) is 0 Å². The van der Waals surface area contributed by atoms with E-state index < -0.39 is 5.60 Å². The average Bonchev–Trinajstić information content (AvgIpc) is 2.83. The predicted octanol–water partition coefficient (Wildman–Crippen LogP) is 3.31. The second kappa shape index (κ2) is 4.68. The Labute approximate surface area is 124 Å². The van der Waals surface area contributed by atoms with Crippen molar-refractivity contribution in [2.75, 3.05) is 0 Å². The number of rotatable bonds is 2. The summed E-state index contributed by atoms with van der Waals surface area (Å²) in [6.45, 7) is 0. The summed E-state index contributed by atoms with van der Waals surface area (Å²) in [6, 6.07) is 18.5. The molecule has 0 bridgehead atoms. The van der Waals surface area contributed by atoms with Crippen LogP contribution >= 0.6 is 0 Å². The summed E-state index contributed by atoms with van der Waals surface area (Å²) >= 11 is 0. The summed E-state index contributed by atoms with van der Waals surface area (Å²) in [5, 5.41) is 12.1. The van der Waals surface area contributed by atoms with Gasteiger partial charge in [0.25, 0.3) is 0 Å². The van der Waals surface area contributed by atoms with Crippen molar-refractivity contribution in [1.29, 1.82) is 0 Å². The maximum absolute atomic E-state index is 11.0. The van der Waals surface area contributed by atoms with Gasteiger partial charge in [-0.1, -0.05) is 42.5 Å². The van der Waals surface area contributed by atoms with Gasteiger partial charge < -0.3 is 5.11 Å². The van der Waals surface area contributed by atoms with Gasteiger partial charge >= 0.3 is 0 Å². The van der Waals surface area contributed by atoms with Crippen LogP contribution in [0.15, 0.2) is 60.8 Å². The van der Waals surface area contributed by atoms with Crippen LogP contribution in [0.5, 0.6) is 0 Å². The molecular weight excluding hydrogens is 258 g/mol. The van der Waals surface area contributed by atoms with Crippen LogP contribution in [-0.2, 0) is 19.3 Å².